The summed E-state index contributed by atoms with van der Waals surface area (Å²) in [7, 11) is -3.50. The van der Waals surface area contributed by atoms with Crippen LogP contribution in [0.15, 0.2) is 48.3 Å². The second-order valence-corrected chi connectivity index (χ2v) is 9.64. The van der Waals surface area contributed by atoms with Gasteiger partial charge in [-0.2, -0.15) is 0 Å². The van der Waals surface area contributed by atoms with Gasteiger partial charge in [0.25, 0.3) is 11.6 Å². The molecule has 0 aliphatic heterocycles. The number of esters is 1. The Balaban J connectivity index is 2.39. The molecule has 12 heteroatoms. The smallest absolute Gasteiger partial charge is 0.354 e. The van der Waals surface area contributed by atoms with Crippen LogP contribution in [0, 0.1) is 10.1 Å². The molecule has 36 heavy (non-hydrogen) atoms. The number of benzene rings is 2. The van der Waals surface area contributed by atoms with E-state index in [9.17, 15) is 24.3 Å². The minimum atomic E-state index is -3.50. The Morgan fingerprint density at radius 3 is 2.25 bits per heavy atom. The van der Waals surface area contributed by atoms with E-state index in [0.29, 0.717) is 10.6 Å². The van der Waals surface area contributed by atoms with Gasteiger partial charge in [0.05, 0.1) is 31.3 Å². The molecule has 0 N–H and O–H groups in total. The topological polar surface area (TPSA) is 125 Å². The fraction of sp³-hybridized carbons (Fsp3) is 0.333. The number of carbonyl (C=O) groups excluding carboxylic acids is 2. The summed E-state index contributed by atoms with van der Waals surface area (Å²) in [6.07, 6.45) is 1.41. The van der Waals surface area contributed by atoms with Gasteiger partial charge in [-0.1, -0.05) is 17.7 Å². The average Bonchev–Trinajstić information content (AvgIpc) is 2.83. The van der Waals surface area contributed by atoms with Crippen molar-refractivity contribution >= 4 is 42.8 Å². The number of nitrogens with zero attached hydrogens (tertiary/aromatic N) is 2. The van der Waals surface area contributed by atoms with Crippen molar-refractivity contribution in [1.29, 1.82) is 0 Å². The summed E-state index contributed by atoms with van der Waals surface area (Å²) in [5, 5.41) is 12.3. The van der Waals surface area contributed by atoms with Crippen LogP contribution in [0.4, 0.5) is 5.69 Å². The van der Waals surface area contributed by atoms with Gasteiger partial charge in [0.2, 0.25) is 0 Å². The highest BCUT2D eigenvalue weighted by Crippen LogP contribution is 2.50. The molecule has 0 atom stereocenters. The van der Waals surface area contributed by atoms with E-state index >= 15 is 0 Å². The van der Waals surface area contributed by atoms with Crippen LogP contribution in [-0.2, 0) is 29.7 Å². The predicted molar refractivity (Wildman–Crippen MR) is 136 cm³/mol. The lowest BCUT2D eigenvalue weighted by atomic mass is 10.1. The molecule has 0 heterocycles. The maximum absolute atomic E-state index is 13.1. The molecule has 0 unspecified atom stereocenters. The molecule has 0 fully saturated rings. The third-order valence-corrected chi connectivity index (χ3v) is 6.74. The number of hydrogen-bond donors (Lipinski definition) is 0. The van der Waals surface area contributed by atoms with E-state index in [1.54, 1.807) is 26.8 Å². The van der Waals surface area contributed by atoms with Gasteiger partial charge < -0.3 is 18.7 Å². The third-order valence-electron chi connectivity index (χ3n) is 4.74. The summed E-state index contributed by atoms with van der Waals surface area (Å²) < 4.78 is 28.0. The predicted octanol–water partition coefficient (Wildman–Crippen LogP) is 5.69. The highest BCUT2D eigenvalue weighted by Gasteiger charge is 2.24. The number of hydrogen-bond acceptors (Lipinski definition) is 8. The Hall–Kier alpha value is -3.04. The first kappa shape index (κ1) is 29.2. The Bertz CT molecular complexity index is 1140. The van der Waals surface area contributed by atoms with E-state index in [-0.39, 0.29) is 43.2 Å². The van der Waals surface area contributed by atoms with E-state index in [4.69, 9.17) is 25.4 Å². The van der Waals surface area contributed by atoms with Crippen molar-refractivity contribution in [3.63, 3.8) is 0 Å². The minimum Gasteiger partial charge on any atom is -0.465 e. The first-order chi connectivity index (χ1) is 17.1. The van der Waals surface area contributed by atoms with Crippen LogP contribution in [0.3, 0.4) is 0 Å². The van der Waals surface area contributed by atoms with Crippen molar-refractivity contribution in [3.8, 4) is 0 Å². The molecule has 2 rings (SSSR count). The minimum absolute atomic E-state index is 0.121. The van der Waals surface area contributed by atoms with Crippen molar-refractivity contribution in [2.24, 2.45) is 0 Å². The van der Waals surface area contributed by atoms with Crippen molar-refractivity contribution in [3.05, 3.63) is 80.1 Å². The van der Waals surface area contributed by atoms with E-state index < -0.39 is 30.9 Å². The quantitative estimate of drug-likeness (QED) is 0.138. The molecule has 0 saturated heterocycles. The fourth-order valence-corrected chi connectivity index (χ4v) is 4.64. The van der Waals surface area contributed by atoms with Gasteiger partial charge in [-0.05, 0) is 62.7 Å². The number of carbonyl (C=O) groups is 2. The molecule has 194 valence electrons. The molecule has 0 saturated carbocycles. The molecule has 2 aromatic carbocycles. The second-order valence-electron chi connectivity index (χ2n) is 7.31. The third kappa shape index (κ3) is 8.57. The number of amides is 1. The maximum Gasteiger partial charge on any atom is 0.354 e. The molecule has 0 aromatic heterocycles. The first-order valence-electron chi connectivity index (χ1n) is 11.2. The van der Waals surface area contributed by atoms with Crippen molar-refractivity contribution in [1.82, 2.24) is 4.90 Å². The molecule has 0 spiro atoms. The fourth-order valence-electron chi connectivity index (χ4n) is 3.19. The molecule has 0 aliphatic carbocycles. The molecule has 0 radical (unpaired) electrons. The monoisotopic (exact) mass is 538 g/mol. The van der Waals surface area contributed by atoms with E-state index in [2.05, 4.69) is 0 Å². The van der Waals surface area contributed by atoms with Crippen LogP contribution in [0.25, 0.3) is 6.08 Å². The molecule has 10 nitrogen and oxygen atoms in total. The maximum atomic E-state index is 13.1. The number of nitro groups is 1. The molecule has 1 amide bonds. The number of rotatable bonds is 13. The Labute approximate surface area is 214 Å². The van der Waals surface area contributed by atoms with Crippen LogP contribution in [-0.4, -0.2) is 48.1 Å². The summed E-state index contributed by atoms with van der Waals surface area (Å²) in [5.41, 5.74) is 0.554. The zero-order valence-corrected chi connectivity index (χ0v) is 21.9. The summed E-state index contributed by atoms with van der Waals surface area (Å²) in [6.45, 7) is 4.81. The van der Waals surface area contributed by atoms with Crippen molar-refractivity contribution < 1.29 is 32.9 Å². The lowest BCUT2D eigenvalue weighted by molar-refractivity contribution is -0.385. The van der Waals surface area contributed by atoms with Gasteiger partial charge in [0, 0.05) is 28.0 Å². The van der Waals surface area contributed by atoms with Crippen LogP contribution < -0.4 is 0 Å². The largest absolute Gasteiger partial charge is 0.465 e. The highest BCUT2D eigenvalue weighted by atomic mass is 35.5. The number of ether oxygens (including phenoxy) is 1. The van der Waals surface area contributed by atoms with Crippen molar-refractivity contribution in [2.45, 2.75) is 27.3 Å². The van der Waals surface area contributed by atoms with Crippen LogP contribution in [0.5, 0.6) is 0 Å². The van der Waals surface area contributed by atoms with Crippen molar-refractivity contribution in [2.75, 3.05) is 26.4 Å². The van der Waals surface area contributed by atoms with Gasteiger partial charge >= 0.3 is 13.6 Å². The van der Waals surface area contributed by atoms with Crippen LogP contribution in [0.2, 0.25) is 5.02 Å². The average molecular weight is 539 g/mol. The van der Waals surface area contributed by atoms with Gasteiger partial charge in [-0.25, -0.2) is 0 Å². The SMILES string of the molecule is CCOC(=O)CN(Cc1ccc(/C=C/P(=O)(OCC)OCC)cc1[N+](=O)[O-])C(=O)c1ccc(Cl)cc1. The van der Waals surface area contributed by atoms with E-state index in [1.807, 2.05) is 0 Å². The lowest BCUT2D eigenvalue weighted by Crippen LogP contribution is -2.36. The highest BCUT2D eigenvalue weighted by molar-refractivity contribution is 7.57. The number of halogens is 1. The Kier molecular flexibility index (Phi) is 11.3. The molecular weight excluding hydrogens is 511 g/mol. The van der Waals surface area contributed by atoms with Gasteiger partial charge in [0.1, 0.15) is 6.54 Å². The summed E-state index contributed by atoms with van der Waals surface area (Å²) in [4.78, 5) is 37.7. The van der Waals surface area contributed by atoms with E-state index in [0.717, 1.165) is 4.90 Å². The zero-order chi connectivity index (χ0) is 26.7. The van der Waals surface area contributed by atoms with E-state index in [1.165, 1.54) is 48.3 Å². The van der Waals surface area contributed by atoms with Crippen LogP contribution >= 0.6 is 19.2 Å². The molecule has 0 aliphatic rings. The normalized spacial score (nSPS) is 11.4. The molecular formula is C24H28ClN2O8P. The van der Waals surface area contributed by atoms with Gasteiger partial charge in [-0.3, -0.25) is 24.3 Å². The zero-order valence-electron chi connectivity index (χ0n) is 20.2. The Morgan fingerprint density at radius 2 is 1.69 bits per heavy atom. The number of nitro benzene ring substituents is 1. The summed E-state index contributed by atoms with van der Waals surface area (Å²) in [5.74, 6) is 0.0764. The van der Waals surface area contributed by atoms with Gasteiger partial charge in [0.15, 0.2) is 0 Å². The summed E-state index contributed by atoms with van der Waals surface area (Å²) in [6, 6.07) is 10.4. The standard InChI is InChI=1S/C24H28ClN2O8P/c1-4-33-23(28)17-26(24(29)19-9-11-21(25)12-10-19)16-20-8-7-18(15-22(20)27(30)31)13-14-36(32,34-5-2)35-6-3/h7-15H,4-6,16-17H2,1-3H3/b14-13+. The van der Waals surface area contributed by atoms with Crippen LogP contribution in [0.1, 0.15) is 42.3 Å². The van der Waals surface area contributed by atoms with Gasteiger partial charge in [-0.15, -0.1) is 0 Å². The Morgan fingerprint density at radius 1 is 1.06 bits per heavy atom. The molecule has 0 bridgehead atoms. The second kappa shape index (κ2) is 13.9. The first-order valence-corrected chi connectivity index (χ1v) is 13.2. The summed E-state index contributed by atoms with van der Waals surface area (Å²) >= 11 is 5.90. The lowest BCUT2D eigenvalue weighted by Gasteiger charge is -2.22. The molecule has 2 aromatic rings.